The molecule has 0 fully saturated rings. The van der Waals surface area contributed by atoms with Gasteiger partial charge in [0.25, 0.3) is 0 Å². The van der Waals surface area contributed by atoms with Crippen LogP contribution in [0, 0.1) is 0 Å². The summed E-state index contributed by atoms with van der Waals surface area (Å²) in [4.78, 5) is 0. The van der Waals surface area contributed by atoms with Crippen LogP contribution >= 0.6 is 11.8 Å². The van der Waals surface area contributed by atoms with Gasteiger partial charge in [0.05, 0.1) is 0 Å². The zero-order valence-corrected chi connectivity index (χ0v) is 11.4. The van der Waals surface area contributed by atoms with E-state index < -0.39 is 0 Å². The number of aromatic nitrogens is 3. The average molecular weight is 254 g/mol. The van der Waals surface area contributed by atoms with E-state index in [-0.39, 0.29) is 0 Å². The molecule has 17 heavy (non-hydrogen) atoms. The lowest BCUT2D eigenvalue weighted by molar-refractivity contribution is 0.590. The van der Waals surface area contributed by atoms with Crippen molar-refractivity contribution in [2.45, 2.75) is 50.7 Å². The number of aryl methyl sites for hydroxylation is 1. The van der Waals surface area contributed by atoms with Gasteiger partial charge in [0.2, 0.25) is 0 Å². The SMILES string of the molecule is CCNCCCSc1nnc2n1CCCCC2. The van der Waals surface area contributed by atoms with E-state index in [4.69, 9.17) is 0 Å². The molecule has 0 saturated carbocycles. The number of thioether (sulfide) groups is 1. The highest BCUT2D eigenvalue weighted by molar-refractivity contribution is 7.99. The zero-order chi connectivity index (χ0) is 11.9. The Bertz CT molecular complexity index is 337. The molecule has 5 heteroatoms. The molecule has 0 unspecified atom stereocenters. The number of hydrogen-bond acceptors (Lipinski definition) is 4. The Morgan fingerprint density at radius 3 is 3.12 bits per heavy atom. The summed E-state index contributed by atoms with van der Waals surface area (Å²) in [6, 6.07) is 0. The van der Waals surface area contributed by atoms with Gasteiger partial charge in [-0.1, -0.05) is 25.1 Å². The highest BCUT2D eigenvalue weighted by Crippen LogP contribution is 2.21. The predicted octanol–water partition coefficient (Wildman–Crippen LogP) is 2.10. The van der Waals surface area contributed by atoms with Crippen LogP contribution in [0.3, 0.4) is 0 Å². The molecule has 0 atom stereocenters. The van der Waals surface area contributed by atoms with Crippen LogP contribution in [0.4, 0.5) is 0 Å². The highest BCUT2D eigenvalue weighted by Gasteiger charge is 2.14. The molecule has 2 heterocycles. The van der Waals surface area contributed by atoms with Crippen molar-refractivity contribution in [3.63, 3.8) is 0 Å². The van der Waals surface area contributed by atoms with Crippen molar-refractivity contribution in [2.24, 2.45) is 0 Å². The van der Waals surface area contributed by atoms with Crippen LogP contribution < -0.4 is 5.32 Å². The van der Waals surface area contributed by atoms with Crippen molar-refractivity contribution in [2.75, 3.05) is 18.8 Å². The van der Waals surface area contributed by atoms with Crippen molar-refractivity contribution < 1.29 is 0 Å². The fraction of sp³-hybridized carbons (Fsp3) is 0.833. The molecule has 0 amide bonds. The first-order valence-corrected chi connectivity index (χ1v) is 7.66. The topological polar surface area (TPSA) is 42.7 Å². The third kappa shape index (κ3) is 3.71. The minimum absolute atomic E-state index is 1.06. The molecule has 0 radical (unpaired) electrons. The summed E-state index contributed by atoms with van der Waals surface area (Å²) in [7, 11) is 0. The molecule has 0 bridgehead atoms. The van der Waals surface area contributed by atoms with Crippen molar-refractivity contribution >= 4 is 11.8 Å². The van der Waals surface area contributed by atoms with Gasteiger partial charge >= 0.3 is 0 Å². The van der Waals surface area contributed by atoms with Crippen LogP contribution in [-0.4, -0.2) is 33.6 Å². The average Bonchev–Trinajstić information content (AvgIpc) is 2.59. The second kappa shape index (κ2) is 7.01. The normalized spacial score (nSPS) is 15.6. The van der Waals surface area contributed by atoms with E-state index in [2.05, 4.69) is 27.0 Å². The lowest BCUT2D eigenvalue weighted by Gasteiger charge is -2.06. The molecule has 96 valence electrons. The standard InChI is InChI=1S/C12H22N4S/c1-2-13-8-6-10-17-12-15-14-11-7-4-3-5-9-16(11)12/h13H,2-10H2,1H3. The van der Waals surface area contributed by atoms with Gasteiger partial charge < -0.3 is 9.88 Å². The van der Waals surface area contributed by atoms with Crippen molar-refractivity contribution in [1.29, 1.82) is 0 Å². The van der Waals surface area contributed by atoms with Gasteiger partial charge in [0.15, 0.2) is 5.16 Å². The van der Waals surface area contributed by atoms with Gasteiger partial charge in [-0.05, 0) is 32.4 Å². The summed E-state index contributed by atoms with van der Waals surface area (Å²) in [5.74, 6) is 2.32. The molecule has 0 spiro atoms. The van der Waals surface area contributed by atoms with Gasteiger partial charge in [0.1, 0.15) is 5.82 Å². The third-order valence-electron chi connectivity index (χ3n) is 3.05. The second-order valence-corrected chi connectivity index (χ2v) is 5.48. The van der Waals surface area contributed by atoms with Gasteiger partial charge in [-0.3, -0.25) is 0 Å². The van der Waals surface area contributed by atoms with Crippen molar-refractivity contribution in [3.05, 3.63) is 5.82 Å². The number of nitrogens with one attached hydrogen (secondary N) is 1. The zero-order valence-electron chi connectivity index (χ0n) is 10.6. The summed E-state index contributed by atoms with van der Waals surface area (Å²) in [5, 5.41) is 13.1. The van der Waals surface area contributed by atoms with Gasteiger partial charge in [-0.15, -0.1) is 10.2 Å². The maximum atomic E-state index is 4.31. The summed E-state index contributed by atoms with van der Waals surface area (Å²) < 4.78 is 2.32. The largest absolute Gasteiger partial charge is 0.317 e. The lowest BCUT2D eigenvalue weighted by atomic mass is 10.2. The first-order valence-electron chi connectivity index (χ1n) is 6.67. The Morgan fingerprint density at radius 2 is 2.24 bits per heavy atom. The van der Waals surface area contributed by atoms with E-state index in [1.165, 1.54) is 31.5 Å². The van der Waals surface area contributed by atoms with Crippen LogP contribution in [-0.2, 0) is 13.0 Å². The number of nitrogens with zero attached hydrogens (tertiary/aromatic N) is 3. The summed E-state index contributed by atoms with van der Waals surface area (Å²) in [6.45, 7) is 5.42. The first kappa shape index (κ1) is 12.9. The maximum Gasteiger partial charge on any atom is 0.191 e. The van der Waals surface area contributed by atoms with Gasteiger partial charge in [-0.2, -0.15) is 0 Å². The Hall–Kier alpha value is -0.550. The highest BCUT2D eigenvalue weighted by atomic mass is 32.2. The minimum Gasteiger partial charge on any atom is -0.317 e. The van der Waals surface area contributed by atoms with E-state index in [0.29, 0.717) is 0 Å². The minimum atomic E-state index is 1.06. The Kier molecular flexibility index (Phi) is 5.32. The molecule has 2 rings (SSSR count). The Morgan fingerprint density at radius 1 is 1.29 bits per heavy atom. The number of fused-ring (bicyclic) bond motifs is 1. The van der Waals surface area contributed by atoms with E-state index in [9.17, 15) is 0 Å². The van der Waals surface area contributed by atoms with E-state index in [0.717, 1.165) is 37.0 Å². The van der Waals surface area contributed by atoms with Gasteiger partial charge in [0, 0.05) is 18.7 Å². The monoisotopic (exact) mass is 254 g/mol. The van der Waals surface area contributed by atoms with Crippen LogP contribution in [0.2, 0.25) is 0 Å². The smallest absolute Gasteiger partial charge is 0.191 e. The van der Waals surface area contributed by atoms with Crippen molar-refractivity contribution in [3.8, 4) is 0 Å². The van der Waals surface area contributed by atoms with E-state index >= 15 is 0 Å². The third-order valence-corrected chi connectivity index (χ3v) is 4.11. The first-order chi connectivity index (χ1) is 8.42. The molecular formula is C12H22N4S. The quantitative estimate of drug-likeness (QED) is 0.623. The van der Waals surface area contributed by atoms with Crippen LogP contribution in [0.1, 0.15) is 38.4 Å². The number of rotatable bonds is 6. The molecule has 4 nitrogen and oxygen atoms in total. The van der Waals surface area contributed by atoms with Gasteiger partial charge in [-0.25, -0.2) is 0 Å². The summed E-state index contributed by atoms with van der Waals surface area (Å²) in [5.41, 5.74) is 0. The Balaban J connectivity index is 1.82. The number of hydrogen-bond donors (Lipinski definition) is 1. The van der Waals surface area contributed by atoms with E-state index in [1.807, 2.05) is 11.8 Å². The molecular weight excluding hydrogens is 232 g/mol. The molecule has 1 aromatic rings. The summed E-state index contributed by atoms with van der Waals surface area (Å²) in [6.07, 6.45) is 6.17. The summed E-state index contributed by atoms with van der Waals surface area (Å²) >= 11 is 1.85. The molecule has 1 N–H and O–H groups in total. The molecule has 0 aromatic carbocycles. The van der Waals surface area contributed by atoms with Crippen LogP contribution in [0.25, 0.3) is 0 Å². The molecule has 0 aliphatic carbocycles. The van der Waals surface area contributed by atoms with Crippen LogP contribution in [0.15, 0.2) is 5.16 Å². The molecule has 1 aliphatic rings. The Labute approximate surface area is 108 Å². The fourth-order valence-electron chi connectivity index (χ4n) is 2.10. The fourth-order valence-corrected chi connectivity index (χ4v) is 3.02. The lowest BCUT2D eigenvalue weighted by Crippen LogP contribution is -2.14. The van der Waals surface area contributed by atoms with Crippen molar-refractivity contribution in [1.82, 2.24) is 20.1 Å². The molecule has 1 aromatic heterocycles. The second-order valence-electron chi connectivity index (χ2n) is 4.42. The molecule has 0 saturated heterocycles. The maximum absolute atomic E-state index is 4.31. The van der Waals surface area contributed by atoms with Crippen LogP contribution in [0.5, 0.6) is 0 Å². The predicted molar refractivity (Wildman–Crippen MR) is 71.5 cm³/mol. The molecule has 1 aliphatic heterocycles. The van der Waals surface area contributed by atoms with E-state index in [1.54, 1.807) is 0 Å².